The van der Waals surface area contributed by atoms with Crippen molar-refractivity contribution in [3.05, 3.63) is 89.5 Å². The van der Waals surface area contributed by atoms with Gasteiger partial charge in [0.1, 0.15) is 0 Å². The SMILES string of the molecule is COC(=O)c1cccc(S(=O)(=O)Cl)c1.COC(=O)c1cccc(S(=O)O)c1.O=C(O)c1cccc(S(=O)(=O)Cl)c1. The van der Waals surface area contributed by atoms with Crippen LogP contribution in [0.3, 0.4) is 0 Å². The summed E-state index contributed by atoms with van der Waals surface area (Å²) < 4.78 is 71.6. The smallest absolute Gasteiger partial charge is 0.337 e. The lowest BCUT2D eigenvalue weighted by Gasteiger charge is -2.00. The second kappa shape index (κ2) is 15.4. The van der Waals surface area contributed by atoms with Crippen LogP contribution in [0.1, 0.15) is 31.1 Å². The molecule has 1 atom stereocenters. The molecule has 3 aromatic rings. The number of carbonyl (C=O) groups is 3. The summed E-state index contributed by atoms with van der Waals surface area (Å²) in [5, 5.41) is 8.54. The van der Waals surface area contributed by atoms with Gasteiger partial charge < -0.3 is 19.1 Å². The van der Waals surface area contributed by atoms with Gasteiger partial charge in [-0.05, 0) is 54.6 Å². The predicted molar refractivity (Wildman–Crippen MR) is 144 cm³/mol. The number of esters is 2. The molecule has 0 aromatic heterocycles. The molecule has 0 aliphatic heterocycles. The molecule has 0 fully saturated rings. The molecule has 3 aromatic carbocycles. The molecule has 0 saturated carbocycles. The highest BCUT2D eigenvalue weighted by Crippen LogP contribution is 2.17. The molecule has 0 amide bonds. The van der Waals surface area contributed by atoms with Crippen LogP contribution in [-0.2, 0) is 38.7 Å². The highest BCUT2D eigenvalue weighted by atomic mass is 35.7. The number of carboxylic acids is 1. The minimum Gasteiger partial charge on any atom is -0.478 e. The van der Waals surface area contributed by atoms with Crippen LogP contribution in [0.4, 0.5) is 0 Å². The third-order valence-electron chi connectivity index (χ3n) is 4.36. The second-order valence-electron chi connectivity index (χ2n) is 7.00. The standard InChI is InChI=1S/C8H7ClO4S.C8H8O4S.C7H5ClO4S/c1-13-8(10)6-3-2-4-7(5-6)14(9,11)12;1-12-8(9)6-3-2-4-7(5-6)13(10)11;8-13(11,12)6-3-1-2-5(4-6)7(9)10/h2-5H,1H3;2-5H,1H3,(H,10,11);1-4H,(H,9,10). The molecule has 12 nitrogen and oxygen atoms in total. The lowest BCUT2D eigenvalue weighted by molar-refractivity contribution is 0.0591. The molecular formula is C23H20Cl2O12S3. The molecule has 3 rings (SSSR count). The van der Waals surface area contributed by atoms with Gasteiger partial charge in [0.05, 0.1) is 45.6 Å². The molecule has 0 bridgehead atoms. The van der Waals surface area contributed by atoms with Crippen molar-refractivity contribution < 1.29 is 54.6 Å². The van der Waals surface area contributed by atoms with E-state index in [2.05, 4.69) is 9.47 Å². The summed E-state index contributed by atoms with van der Waals surface area (Å²) in [6, 6.07) is 16.0. The Morgan fingerprint density at radius 2 is 1.07 bits per heavy atom. The second-order valence-corrected chi connectivity index (χ2v) is 13.1. The van der Waals surface area contributed by atoms with E-state index in [-0.39, 0.29) is 31.4 Å². The highest BCUT2D eigenvalue weighted by Gasteiger charge is 2.14. The molecule has 1 unspecified atom stereocenters. The largest absolute Gasteiger partial charge is 0.478 e. The van der Waals surface area contributed by atoms with Gasteiger partial charge in [-0.1, -0.05) is 18.2 Å². The molecule has 2 N–H and O–H groups in total. The number of benzene rings is 3. The van der Waals surface area contributed by atoms with Crippen molar-refractivity contribution in [2.75, 3.05) is 14.2 Å². The Morgan fingerprint density at radius 3 is 1.45 bits per heavy atom. The molecule has 0 heterocycles. The zero-order chi connectivity index (χ0) is 30.7. The number of methoxy groups -OCH3 is 2. The minimum absolute atomic E-state index is 0.110. The number of hydrogen-bond acceptors (Lipinski definition) is 10. The fraction of sp³-hybridized carbons (Fsp3) is 0.0870. The Balaban J connectivity index is 0.000000300. The van der Waals surface area contributed by atoms with Crippen LogP contribution in [0.2, 0.25) is 0 Å². The predicted octanol–water partition coefficient (Wildman–Crippen LogP) is 3.77. The summed E-state index contributed by atoms with van der Waals surface area (Å²) in [5.74, 6) is -2.32. The van der Waals surface area contributed by atoms with Crippen LogP contribution in [0.5, 0.6) is 0 Å². The number of ether oxygens (including phenoxy) is 2. The van der Waals surface area contributed by atoms with Crippen molar-refractivity contribution >= 4 is 68.5 Å². The van der Waals surface area contributed by atoms with Gasteiger partial charge in [-0.3, -0.25) is 0 Å². The summed E-state index contributed by atoms with van der Waals surface area (Å²) in [4.78, 5) is 32.3. The van der Waals surface area contributed by atoms with E-state index in [0.29, 0.717) is 0 Å². The monoisotopic (exact) mass is 654 g/mol. The Bertz CT molecular complexity index is 1620. The quantitative estimate of drug-likeness (QED) is 0.222. The molecule has 0 aliphatic rings. The van der Waals surface area contributed by atoms with Crippen molar-refractivity contribution in [3.63, 3.8) is 0 Å². The highest BCUT2D eigenvalue weighted by molar-refractivity contribution is 8.14. The van der Waals surface area contributed by atoms with E-state index in [1.165, 1.54) is 74.9 Å². The lowest BCUT2D eigenvalue weighted by Crippen LogP contribution is -2.02. The fourth-order valence-electron chi connectivity index (χ4n) is 2.52. The van der Waals surface area contributed by atoms with Crippen LogP contribution >= 0.6 is 21.4 Å². The molecule has 0 radical (unpaired) electrons. The van der Waals surface area contributed by atoms with Gasteiger partial charge in [0.15, 0.2) is 11.1 Å². The number of rotatable bonds is 6. The van der Waals surface area contributed by atoms with E-state index < -0.39 is 47.1 Å². The van der Waals surface area contributed by atoms with Crippen LogP contribution in [0, 0.1) is 0 Å². The van der Waals surface area contributed by atoms with E-state index in [1.807, 2.05) is 0 Å². The number of halogens is 2. The van der Waals surface area contributed by atoms with Crippen molar-refractivity contribution in [2.24, 2.45) is 0 Å². The van der Waals surface area contributed by atoms with Crippen LogP contribution in [0.25, 0.3) is 0 Å². The first kappa shape index (κ1) is 34.7. The van der Waals surface area contributed by atoms with E-state index in [4.69, 9.17) is 31.0 Å². The average molecular weight is 656 g/mol. The van der Waals surface area contributed by atoms with Crippen LogP contribution in [-0.4, -0.2) is 62.8 Å². The van der Waals surface area contributed by atoms with E-state index in [9.17, 15) is 35.4 Å². The van der Waals surface area contributed by atoms with Crippen molar-refractivity contribution in [3.8, 4) is 0 Å². The van der Waals surface area contributed by atoms with Gasteiger partial charge in [-0.25, -0.2) is 35.4 Å². The van der Waals surface area contributed by atoms with Gasteiger partial charge >= 0.3 is 17.9 Å². The number of carbonyl (C=O) groups excluding carboxylic acids is 2. The van der Waals surface area contributed by atoms with Crippen molar-refractivity contribution in [2.45, 2.75) is 14.7 Å². The first-order valence-electron chi connectivity index (χ1n) is 10.2. The van der Waals surface area contributed by atoms with Gasteiger partial charge in [0.25, 0.3) is 18.1 Å². The number of carboxylic acid groups (broad SMARTS) is 1. The summed E-state index contributed by atoms with van der Waals surface area (Å²) >= 11 is -2.07. The molecule has 0 saturated heterocycles. The summed E-state index contributed by atoms with van der Waals surface area (Å²) in [6.07, 6.45) is 0. The first-order chi connectivity index (χ1) is 18.5. The Kier molecular flexibility index (Phi) is 13.4. The Morgan fingerprint density at radius 1 is 0.700 bits per heavy atom. The number of aromatic carboxylic acids is 1. The third-order valence-corrected chi connectivity index (χ3v) is 7.72. The topological polar surface area (TPSA) is 195 Å². The van der Waals surface area contributed by atoms with Crippen LogP contribution < -0.4 is 0 Å². The van der Waals surface area contributed by atoms with Crippen LogP contribution in [0.15, 0.2) is 87.5 Å². The van der Waals surface area contributed by atoms with E-state index in [0.717, 1.165) is 12.1 Å². The maximum atomic E-state index is 11.0. The lowest BCUT2D eigenvalue weighted by atomic mass is 10.2. The zero-order valence-corrected chi connectivity index (χ0v) is 24.3. The van der Waals surface area contributed by atoms with Gasteiger partial charge in [0, 0.05) is 21.4 Å². The van der Waals surface area contributed by atoms with Gasteiger partial charge in [0.2, 0.25) is 0 Å². The zero-order valence-electron chi connectivity index (χ0n) is 20.4. The number of hydrogen-bond donors (Lipinski definition) is 2. The normalized spacial score (nSPS) is 11.4. The van der Waals surface area contributed by atoms with E-state index in [1.54, 1.807) is 0 Å². The molecule has 0 aliphatic carbocycles. The Labute approximate surface area is 240 Å². The Hall–Kier alpha value is -3.34. The molecule has 216 valence electrons. The van der Waals surface area contributed by atoms with Gasteiger partial charge in [-0.2, -0.15) is 0 Å². The molecule has 40 heavy (non-hydrogen) atoms. The van der Waals surface area contributed by atoms with Crippen molar-refractivity contribution in [1.82, 2.24) is 0 Å². The maximum Gasteiger partial charge on any atom is 0.337 e. The van der Waals surface area contributed by atoms with E-state index >= 15 is 0 Å². The molecular weight excluding hydrogens is 635 g/mol. The molecule has 17 heteroatoms. The van der Waals surface area contributed by atoms with Gasteiger partial charge in [-0.15, -0.1) is 0 Å². The average Bonchev–Trinajstić information content (AvgIpc) is 2.92. The third kappa shape index (κ3) is 11.4. The molecule has 0 spiro atoms. The van der Waals surface area contributed by atoms with Crippen molar-refractivity contribution in [1.29, 1.82) is 0 Å². The maximum absolute atomic E-state index is 11.0. The summed E-state index contributed by atoms with van der Waals surface area (Å²) in [6.45, 7) is 0. The summed E-state index contributed by atoms with van der Waals surface area (Å²) in [5.41, 5.74) is 0.304. The fourth-order valence-corrected chi connectivity index (χ4v) is 4.54. The minimum atomic E-state index is -3.85. The summed E-state index contributed by atoms with van der Waals surface area (Å²) in [7, 11) is 4.93. The first-order valence-corrected chi connectivity index (χ1v) is 15.9.